The number of likely N-dealkylation sites (N-methyl/N-ethyl adjacent to an activating group) is 4. The molecule has 4 aromatic rings. The van der Waals surface area contributed by atoms with E-state index in [9.17, 15) is 58.5 Å². The molecule has 2 fully saturated rings. The van der Waals surface area contributed by atoms with E-state index in [1.165, 1.54) is 78.5 Å². The Balaban J connectivity index is 1.36. The summed E-state index contributed by atoms with van der Waals surface area (Å²) in [6.07, 6.45) is 1.89. The van der Waals surface area contributed by atoms with Crippen LogP contribution in [0.3, 0.4) is 0 Å². The summed E-state index contributed by atoms with van der Waals surface area (Å²) in [5, 5.41) is 44.0. The van der Waals surface area contributed by atoms with Crippen LogP contribution in [-0.2, 0) is 33.6 Å². The zero-order chi connectivity index (χ0) is 55.4. The van der Waals surface area contributed by atoms with Gasteiger partial charge in [0.1, 0.15) is 41.9 Å². The Morgan fingerprint density at radius 2 is 1.09 bits per heavy atom. The van der Waals surface area contributed by atoms with Gasteiger partial charge in [-0.3, -0.25) is 48.1 Å². The van der Waals surface area contributed by atoms with Crippen molar-refractivity contribution in [3.8, 4) is 11.5 Å². The lowest BCUT2D eigenvalue weighted by Gasteiger charge is -2.39. The first-order valence-electron chi connectivity index (χ1n) is 23.3. The van der Waals surface area contributed by atoms with Crippen molar-refractivity contribution in [2.45, 2.75) is 42.5 Å². The molecule has 2 bridgehead atoms. The third kappa shape index (κ3) is 14.7. The normalized spacial score (nSPS) is 24.0. The fourth-order valence-electron chi connectivity index (χ4n) is 7.89. The van der Waals surface area contributed by atoms with Crippen LogP contribution in [0.1, 0.15) is 21.0 Å². The van der Waals surface area contributed by atoms with E-state index in [4.69, 9.17) is 0 Å². The number of rotatable bonds is 8. The van der Waals surface area contributed by atoms with Crippen molar-refractivity contribution in [1.29, 1.82) is 0 Å². The number of hydrogen-bond acceptors (Lipinski definition) is 21. The molecule has 2 aromatic carbocycles. The number of fused-ring (bicyclic) bond motifs is 7. The number of nitrogens with one attached hydrogen (secondary N) is 4. The van der Waals surface area contributed by atoms with Gasteiger partial charge in [-0.05, 0) is 43.8 Å². The van der Waals surface area contributed by atoms with Gasteiger partial charge in [0, 0.05) is 66.4 Å². The van der Waals surface area contributed by atoms with Crippen LogP contribution in [0.4, 0.5) is 0 Å². The van der Waals surface area contributed by atoms with E-state index >= 15 is 0 Å². The van der Waals surface area contributed by atoms with E-state index in [1.54, 1.807) is 61.0 Å². The van der Waals surface area contributed by atoms with Crippen LogP contribution in [0.15, 0.2) is 60.7 Å². The predicted octanol–water partition coefficient (Wildman–Crippen LogP) is 1.08. The first kappa shape index (κ1) is 59.7. The zero-order valence-corrected chi connectivity index (χ0v) is 47.0. The summed E-state index contributed by atoms with van der Waals surface area (Å²) in [4.78, 5) is 141. The number of benzene rings is 2. The minimum absolute atomic E-state index is 0.0287. The highest BCUT2D eigenvalue weighted by Crippen LogP contribution is 2.30. The molecule has 7 N–H and O–H groups in total. The number of carbonyl (C=O) groups excluding carboxylic acids is 9. The molecule has 6 rings (SSSR count). The number of aliphatic hydroxyl groups excluding tert-OH is 1. The van der Waals surface area contributed by atoms with Gasteiger partial charge in [0.15, 0.2) is 11.4 Å². The molecule has 7 amide bonds. The Morgan fingerprint density at radius 3 is 1.59 bits per heavy atom. The van der Waals surface area contributed by atoms with Gasteiger partial charge in [0.2, 0.25) is 39.8 Å². The van der Waals surface area contributed by atoms with Crippen LogP contribution in [0.5, 0.6) is 11.5 Å². The molecule has 0 saturated carbocycles. The lowest BCUT2D eigenvalue weighted by atomic mass is 10.1. The standard InChI is InChI=1S/C48H58N10O12S6/c1-55-31-23-75-76-24-32(46(68)58(4)34(22-72-6)48(70)74-19-29(41(63)49-17-37(55)61)53-43(65)39-35(59)15-25-11-7-9-13-27(25)51-39)56(2)38(62)18-50-42(64)30(20-73-47(69)33(21-71-5)57(3)45(31)67)54-44(66)40-36(60)16-26-12-8-10-14-28(26)52-40/h7-16,29-34,45,59-60,67H,17-24H2,1-6H3,(H,49,63)(H,50,64)(H,53,65)(H,54,66)/t29-,30-,31?,32+,33+,34+,45+/m1/s1. The lowest BCUT2D eigenvalue weighted by molar-refractivity contribution is -0.144. The van der Waals surface area contributed by atoms with Crippen LogP contribution in [0.2, 0.25) is 0 Å². The number of aromatic nitrogens is 2. The van der Waals surface area contributed by atoms with Crippen molar-refractivity contribution in [3.63, 3.8) is 0 Å². The van der Waals surface area contributed by atoms with E-state index in [-0.39, 0.29) is 23.0 Å². The average Bonchev–Trinajstić information content (AvgIpc) is 3.41. The molecule has 0 spiro atoms. The zero-order valence-electron chi connectivity index (χ0n) is 42.1. The van der Waals surface area contributed by atoms with E-state index in [0.717, 1.165) is 26.5 Å². The van der Waals surface area contributed by atoms with Crippen molar-refractivity contribution in [2.24, 2.45) is 0 Å². The summed E-state index contributed by atoms with van der Waals surface area (Å²) < 4.78 is 0. The molecule has 4 heterocycles. The van der Waals surface area contributed by atoms with Crippen LogP contribution < -0.4 is 21.3 Å². The molecule has 7 atom stereocenters. The van der Waals surface area contributed by atoms with Gasteiger partial charge in [0.25, 0.3) is 11.8 Å². The number of amides is 7. The molecule has 1 unspecified atom stereocenters. The number of nitrogens with zero attached hydrogens (tertiary/aromatic N) is 6. The molecule has 76 heavy (non-hydrogen) atoms. The second-order valence-electron chi connectivity index (χ2n) is 17.5. The number of pyridine rings is 2. The molecular weight excluding hydrogens is 1100 g/mol. The van der Waals surface area contributed by atoms with Gasteiger partial charge in [-0.15, -0.1) is 0 Å². The first-order chi connectivity index (χ1) is 36.2. The maximum absolute atomic E-state index is 14.7. The largest absolute Gasteiger partial charge is 0.505 e. The van der Waals surface area contributed by atoms with Crippen molar-refractivity contribution < 1.29 is 58.5 Å². The van der Waals surface area contributed by atoms with Crippen molar-refractivity contribution >= 4 is 142 Å². The van der Waals surface area contributed by atoms with Gasteiger partial charge in [-0.2, -0.15) is 23.5 Å². The van der Waals surface area contributed by atoms with Gasteiger partial charge in [-0.25, -0.2) is 9.97 Å². The van der Waals surface area contributed by atoms with E-state index in [2.05, 4.69) is 31.2 Å². The quantitative estimate of drug-likeness (QED) is 0.121. The number of hydrogen-bond donors (Lipinski definition) is 7. The highest BCUT2D eigenvalue weighted by atomic mass is 33.1. The summed E-state index contributed by atoms with van der Waals surface area (Å²) in [6.45, 7) is -1.34. The Bertz CT molecular complexity index is 2850. The van der Waals surface area contributed by atoms with Crippen LogP contribution in [-0.4, -0.2) is 227 Å². The minimum atomic E-state index is -1.57. The maximum atomic E-state index is 14.7. The van der Waals surface area contributed by atoms with Crippen LogP contribution in [0, 0.1) is 0 Å². The molecule has 2 saturated heterocycles. The fraction of sp³-hybridized carbons (Fsp3) is 0.438. The maximum Gasteiger partial charge on any atom is 0.274 e. The van der Waals surface area contributed by atoms with Gasteiger partial charge in [-0.1, -0.05) is 81.5 Å². The average molecular weight is 1160 g/mol. The molecule has 28 heteroatoms. The van der Waals surface area contributed by atoms with Gasteiger partial charge in [0.05, 0.1) is 36.2 Å². The smallest absolute Gasteiger partial charge is 0.274 e. The Morgan fingerprint density at radius 1 is 0.645 bits per heavy atom. The molecular formula is C48H58N10O12S6. The number of aromatic hydroxyl groups is 2. The summed E-state index contributed by atoms with van der Waals surface area (Å²) in [5.74, 6) is -7.55. The van der Waals surface area contributed by atoms with E-state index in [0.29, 0.717) is 45.3 Å². The molecule has 2 aliphatic heterocycles. The van der Waals surface area contributed by atoms with Crippen molar-refractivity contribution in [2.75, 3.05) is 88.3 Å². The summed E-state index contributed by atoms with van der Waals surface area (Å²) in [7, 11) is 7.89. The van der Waals surface area contributed by atoms with Crippen LogP contribution in [0.25, 0.3) is 21.8 Å². The number of carbonyl (C=O) groups is 9. The molecule has 0 aliphatic carbocycles. The third-order valence-corrected chi connectivity index (χ3v) is 18.4. The SMILES string of the molecule is CSC[C@H]1C(=O)SC[C@@H](NC(=O)c2nc3ccccc3cc2O)C(=O)NCC(=O)N(C)C2CSSC[C@@H](C(=O)N1C)N(C)C(=O)CNC(=O)[C@H](NC(=O)c1nc3ccccc3cc1O)CSC(=O)[C@H](CSC)N(C)[C@H]2O. The van der Waals surface area contributed by atoms with E-state index < -0.39 is 142 Å². The summed E-state index contributed by atoms with van der Waals surface area (Å²) in [5.41, 5.74) is -0.0658. The second-order valence-corrected chi connectivity index (χ2v) is 23.9. The monoisotopic (exact) mass is 1160 g/mol. The van der Waals surface area contributed by atoms with E-state index in [1.807, 2.05) is 0 Å². The molecule has 0 radical (unpaired) electrons. The molecule has 22 nitrogen and oxygen atoms in total. The molecule has 2 aliphatic rings. The molecule has 408 valence electrons. The third-order valence-electron chi connectivity index (χ3n) is 12.5. The number of thioether (sulfide) groups is 4. The minimum Gasteiger partial charge on any atom is -0.505 e. The molecule has 2 aromatic heterocycles. The highest BCUT2D eigenvalue weighted by Gasteiger charge is 2.40. The van der Waals surface area contributed by atoms with Crippen LogP contribution >= 0.6 is 68.6 Å². The second kappa shape index (κ2) is 27.7. The highest BCUT2D eigenvalue weighted by molar-refractivity contribution is 8.76. The topological polar surface area (TPSA) is 301 Å². The van der Waals surface area contributed by atoms with Crippen molar-refractivity contribution in [1.82, 2.24) is 50.8 Å². The summed E-state index contributed by atoms with van der Waals surface area (Å²) in [6, 6.07) is 8.50. The van der Waals surface area contributed by atoms with Crippen molar-refractivity contribution in [3.05, 3.63) is 72.1 Å². The Kier molecular flexibility index (Phi) is 21.8. The fourth-order valence-corrected chi connectivity index (χ4v) is 14.1. The number of para-hydroxylation sites is 2. The Labute approximate surface area is 462 Å². The number of aliphatic hydroxyl groups is 1. The Hall–Kier alpha value is -5.49. The lowest BCUT2D eigenvalue weighted by Crippen LogP contribution is -2.59. The summed E-state index contributed by atoms with van der Waals surface area (Å²) >= 11 is 3.81. The first-order valence-corrected chi connectivity index (χ1v) is 30.6. The predicted molar refractivity (Wildman–Crippen MR) is 299 cm³/mol. The van der Waals surface area contributed by atoms with Gasteiger partial charge < -0.3 is 51.3 Å². The van der Waals surface area contributed by atoms with Gasteiger partial charge >= 0.3 is 0 Å².